The van der Waals surface area contributed by atoms with Gasteiger partial charge in [-0.3, -0.25) is 4.98 Å². The number of hydrogen-bond donors (Lipinski definition) is 1. The molecule has 0 bridgehead atoms. The average Bonchev–Trinajstić information content (AvgIpc) is 2.04. The SMILES string of the molecule is NOCCc1c(Cl)cncc1Cl. The highest BCUT2D eigenvalue weighted by Gasteiger charge is 2.04. The minimum absolute atomic E-state index is 0.392. The summed E-state index contributed by atoms with van der Waals surface area (Å²) in [4.78, 5) is 8.23. The van der Waals surface area contributed by atoms with E-state index in [1.165, 1.54) is 0 Å². The van der Waals surface area contributed by atoms with Gasteiger partial charge in [0.05, 0.1) is 16.7 Å². The second kappa shape index (κ2) is 4.62. The molecule has 1 heterocycles. The molecular weight excluding hydrogens is 199 g/mol. The molecule has 0 unspecified atom stereocenters. The lowest BCUT2D eigenvalue weighted by molar-refractivity contribution is 0.141. The zero-order valence-electron chi connectivity index (χ0n) is 6.26. The molecule has 0 amide bonds. The van der Waals surface area contributed by atoms with Crippen molar-refractivity contribution in [3.05, 3.63) is 28.0 Å². The van der Waals surface area contributed by atoms with Crippen LogP contribution in [0.1, 0.15) is 5.56 Å². The normalized spacial score (nSPS) is 10.2. The van der Waals surface area contributed by atoms with E-state index in [0.29, 0.717) is 23.1 Å². The summed E-state index contributed by atoms with van der Waals surface area (Å²) in [7, 11) is 0. The minimum Gasteiger partial charge on any atom is -0.304 e. The predicted molar refractivity (Wildman–Crippen MR) is 48.1 cm³/mol. The van der Waals surface area contributed by atoms with E-state index in [0.717, 1.165) is 5.56 Å². The van der Waals surface area contributed by atoms with E-state index >= 15 is 0 Å². The molecule has 0 spiro atoms. The highest BCUT2D eigenvalue weighted by atomic mass is 35.5. The molecule has 1 rings (SSSR count). The van der Waals surface area contributed by atoms with Crippen LogP contribution in [0, 0.1) is 0 Å². The lowest BCUT2D eigenvalue weighted by Crippen LogP contribution is -2.04. The van der Waals surface area contributed by atoms with Crippen molar-refractivity contribution in [2.75, 3.05) is 6.61 Å². The fourth-order valence-corrected chi connectivity index (χ4v) is 1.39. The van der Waals surface area contributed by atoms with Gasteiger partial charge < -0.3 is 4.84 Å². The van der Waals surface area contributed by atoms with Crippen LogP contribution in [-0.2, 0) is 11.3 Å². The van der Waals surface area contributed by atoms with E-state index in [4.69, 9.17) is 29.1 Å². The maximum absolute atomic E-state index is 5.82. The Morgan fingerprint density at radius 1 is 1.33 bits per heavy atom. The zero-order valence-corrected chi connectivity index (χ0v) is 7.77. The molecule has 0 saturated heterocycles. The lowest BCUT2D eigenvalue weighted by atomic mass is 10.2. The Balaban J connectivity index is 2.81. The molecule has 12 heavy (non-hydrogen) atoms. The second-order valence-electron chi connectivity index (χ2n) is 2.20. The molecular formula is C7H8Cl2N2O. The number of rotatable bonds is 3. The molecule has 66 valence electrons. The van der Waals surface area contributed by atoms with Crippen LogP contribution in [0.3, 0.4) is 0 Å². The average molecular weight is 207 g/mol. The van der Waals surface area contributed by atoms with Crippen molar-refractivity contribution in [2.24, 2.45) is 5.90 Å². The Kier molecular flexibility index (Phi) is 3.75. The Hall–Kier alpha value is -0.350. The Morgan fingerprint density at radius 2 is 1.92 bits per heavy atom. The van der Waals surface area contributed by atoms with Gasteiger partial charge in [-0.15, -0.1) is 0 Å². The molecule has 2 N–H and O–H groups in total. The molecule has 5 heteroatoms. The van der Waals surface area contributed by atoms with Crippen molar-refractivity contribution in [3.63, 3.8) is 0 Å². The Labute approximate surface area is 80.4 Å². The van der Waals surface area contributed by atoms with E-state index < -0.39 is 0 Å². The van der Waals surface area contributed by atoms with Crippen LogP contribution in [-0.4, -0.2) is 11.6 Å². The third-order valence-electron chi connectivity index (χ3n) is 1.42. The number of nitrogens with zero attached hydrogens (tertiary/aromatic N) is 1. The first-order valence-electron chi connectivity index (χ1n) is 3.35. The van der Waals surface area contributed by atoms with Crippen LogP contribution < -0.4 is 5.90 Å². The van der Waals surface area contributed by atoms with E-state index in [2.05, 4.69) is 9.82 Å². The molecule has 0 aromatic carbocycles. The first-order chi connectivity index (χ1) is 5.75. The summed E-state index contributed by atoms with van der Waals surface area (Å²) in [5.41, 5.74) is 0.818. The molecule has 0 aliphatic carbocycles. The van der Waals surface area contributed by atoms with Crippen molar-refractivity contribution in [1.29, 1.82) is 0 Å². The van der Waals surface area contributed by atoms with E-state index in [9.17, 15) is 0 Å². The summed E-state index contributed by atoms with van der Waals surface area (Å²) in [5.74, 6) is 4.87. The molecule has 3 nitrogen and oxygen atoms in total. The molecule has 0 saturated carbocycles. The van der Waals surface area contributed by atoms with Gasteiger partial charge in [0, 0.05) is 18.8 Å². The van der Waals surface area contributed by atoms with Crippen molar-refractivity contribution < 1.29 is 4.84 Å². The highest BCUT2D eigenvalue weighted by Crippen LogP contribution is 2.22. The first kappa shape index (κ1) is 9.74. The molecule has 1 aromatic heterocycles. The molecule has 0 atom stereocenters. The van der Waals surface area contributed by atoms with Crippen molar-refractivity contribution in [2.45, 2.75) is 6.42 Å². The van der Waals surface area contributed by atoms with E-state index in [-0.39, 0.29) is 0 Å². The van der Waals surface area contributed by atoms with Crippen LogP contribution in [0.2, 0.25) is 10.0 Å². The summed E-state index contributed by atoms with van der Waals surface area (Å²) in [6.07, 6.45) is 3.68. The summed E-state index contributed by atoms with van der Waals surface area (Å²) in [6.45, 7) is 0.392. The summed E-state index contributed by atoms with van der Waals surface area (Å²) < 4.78 is 0. The topological polar surface area (TPSA) is 48.1 Å². The van der Waals surface area contributed by atoms with Gasteiger partial charge in [0.15, 0.2) is 0 Å². The van der Waals surface area contributed by atoms with E-state index in [1.807, 2.05) is 0 Å². The third-order valence-corrected chi connectivity index (χ3v) is 2.07. The number of pyridine rings is 1. The summed E-state index contributed by atoms with van der Waals surface area (Å²) in [6, 6.07) is 0. The van der Waals surface area contributed by atoms with E-state index in [1.54, 1.807) is 12.4 Å². The molecule has 1 aromatic rings. The van der Waals surface area contributed by atoms with Crippen molar-refractivity contribution >= 4 is 23.2 Å². The third kappa shape index (κ3) is 2.32. The van der Waals surface area contributed by atoms with Crippen LogP contribution in [0.4, 0.5) is 0 Å². The van der Waals surface area contributed by atoms with Gasteiger partial charge >= 0.3 is 0 Å². The van der Waals surface area contributed by atoms with Crippen LogP contribution in [0.25, 0.3) is 0 Å². The number of halogens is 2. The first-order valence-corrected chi connectivity index (χ1v) is 4.11. The molecule has 0 aliphatic rings. The van der Waals surface area contributed by atoms with Crippen LogP contribution in [0.15, 0.2) is 12.4 Å². The van der Waals surface area contributed by atoms with Gasteiger partial charge in [0.25, 0.3) is 0 Å². The Bertz CT molecular complexity index is 247. The van der Waals surface area contributed by atoms with Gasteiger partial charge in [-0.1, -0.05) is 23.2 Å². The number of hydrogen-bond acceptors (Lipinski definition) is 3. The van der Waals surface area contributed by atoms with Crippen molar-refractivity contribution in [3.8, 4) is 0 Å². The standard InChI is InChI=1S/C7H8Cl2N2O/c8-6-3-11-4-7(9)5(6)1-2-12-10/h3-4H,1-2,10H2. The lowest BCUT2D eigenvalue weighted by Gasteiger charge is -2.03. The van der Waals surface area contributed by atoms with Gasteiger partial charge in [-0.05, 0) is 5.56 Å². The van der Waals surface area contributed by atoms with Gasteiger partial charge in [0.1, 0.15) is 0 Å². The summed E-state index contributed by atoms with van der Waals surface area (Å²) in [5, 5.41) is 1.08. The van der Waals surface area contributed by atoms with Gasteiger partial charge in [0.2, 0.25) is 0 Å². The van der Waals surface area contributed by atoms with Gasteiger partial charge in [-0.25, -0.2) is 5.90 Å². The van der Waals surface area contributed by atoms with Crippen LogP contribution in [0.5, 0.6) is 0 Å². The predicted octanol–water partition coefficient (Wildman–Crippen LogP) is 1.82. The molecule has 0 radical (unpaired) electrons. The minimum atomic E-state index is 0.392. The Morgan fingerprint density at radius 3 is 2.42 bits per heavy atom. The zero-order chi connectivity index (χ0) is 8.97. The number of aromatic nitrogens is 1. The molecule has 0 fully saturated rings. The smallest absolute Gasteiger partial charge is 0.0720 e. The highest BCUT2D eigenvalue weighted by molar-refractivity contribution is 6.35. The second-order valence-corrected chi connectivity index (χ2v) is 3.02. The maximum Gasteiger partial charge on any atom is 0.0720 e. The summed E-state index contributed by atoms with van der Waals surface area (Å²) >= 11 is 11.6. The fraction of sp³-hybridized carbons (Fsp3) is 0.286. The largest absolute Gasteiger partial charge is 0.304 e. The van der Waals surface area contributed by atoms with Crippen molar-refractivity contribution in [1.82, 2.24) is 4.98 Å². The fourth-order valence-electron chi connectivity index (χ4n) is 0.838. The van der Waals surface area contributed by atoms with Crippen LogP contribution >= 0.6 is 23.2 Å². The number of nitrogens with two attached hydrogens (primary N) is 1. The monoisotopic (exact) mass is 206 g/mol. The van der Waals surface area contributed by atoms with Gasteiger partial charge in [-0.2, -0.15) is 0 Å². The molecule has 0 aliphatic heterocycles. The maximum atomic E-state index is 5.82. The quantitative estimate of drug-likeness (QED) is 0.769.